The molecule has 0 aliphatic heterocycles. The number of hydrogen-bond acceptors (Lipinski definition) is 3. The van der Waals surface area contributed by atoms with E-state index in [2.05, 4.69) is 4.72 Å². The highest BCUT2D eigenvalue weighted by atomic mass is 35.5. The van der Waals surface area contributed by atoms with Gasteiger partial charge in [0.25, 0.3) is 0 Å². The fourth-order valence-corrected chi connectivity index (χ4v) is 2.39. The van der Waals surface area contributed by atoms with E-state index in [0.29, 0.717) is 5.88 Å². The van der Waals surface area contributed by atoms with Crippen LogP contribution in [0.15, 0.2) is 0 Å². The number of methoxy groups -OCH3 is 1. The van der Waals surface area contributed by atoms with Crippen molar-refractivity contribution in [2.24, 2.45) is 0 Å². The predicted molar refractivity (Wildman–Crippen MR) is 58.2 cm³/mol. The van der Waals surface area contributed by atoms with Gasteiger partial charge in [0, 0.05) is 19.0 Å². The number of rotatable bonds is 8. The van der Waals surface area contributed by atoms with Crippen LogP contribution in [0.2, 0.25) is 0 Å². The molecule has 0 bridgehead atoms. The average molecular weight is 244 g/mol. The first-order chi connectivity index (χ1) is 6.52. The third-order valence-corrected chi connectivity index (χ3v) is 3.44. The van der Waals surface area contributed by atoms with E-state index in [1.807, 2.05) is 6.92 Å². The number of ether oxygens (including phenoxy) is 1. The molecule has 0 saturated heterocycles. The quantitative estimate of drug-likeness (QED) is 0.646. The molecule has 0 fully saturated rings. The molecule has 1 atom stereocenters. The van der Waals surface area contributed by atoms with E-state index in [9.17, 15) is 8.42 Å². The van der Waals surface area contributed by atoms with Gasteiger partial charge in [-0.2, -0.15) is 0 Å². The highest BCUT2D eigenvalue weighted by Crippen LogP contribution is 2.00. The van der Waals surface area contributed by atoms with Crippen molar-refractivity contribution in [3.8, 4) is 0 Å². The lowest BCUT2D eigenvalue weighted by molar-refractivity contribution is 0.216. The molecular formula is C8H18ClNO3S. The SMILES string of the molecule is COCCS(=O)(=O)NC(C)CCCCl. The molecule has 0 aromatic rings. The van der Waals surface area contributed by atoms with Crippen molar-refractivity contribution in [2.75, 3.05) is 25.3 Å². The molecule has 0 saturated carbocycles. The molecule has 86 valence electrons. The zero-order valence-corrected chi connectivity index (χ0v) is 10.2. The van der Waals surface area contributed by atoms with E-state index in [0.717, 1.165) is 12.8 Å². The molecule has 0 radical (unpaired) electrons. The molecule has 6 heteroatoms. The van der Waals surface area contributed by atoms with Crippen molar-refractivity contribution in [3.63, 3.8) is 0 Å². The summed E-state index contributed by atoms with van der Waals surface area (Å²) in [5.74, 6) is 0.568. The average Bonchev–Trinajstić information content (AvgIpc) is 2.11. The number of nitrogens with one attached hydrogen (secondary N) is 1. The standard InChI is InChI=1S/C8H18ClNO3S/c1-8(4-3-5-9)10-14(11,12)7-6-13-2/h8,10H,3-7H2,1-2H3. The fourth-order valence-electron chi connectivity index (χ4n) is 1.00. The van der Waals surface area contributed by atoms with Crippen molar-refractivity contribution in [1.82, 2.24) is 4.72 Å². The zero-order valence-electron chi connectivity index (χ0n) is 8.62. The maximum absolute atomic E-state index is 11.3. The second-order valence-electron chi connectivity index (χ2n) is 3.16. The van der Waals surface area contributed by atoms with Crippen LogP contribution in [-0.4, -0.2) is 39.8 Å². The minimum atomic E-state index is -3.19. The molecule has 0 spiro atoms. The topological polar surface area (TPSA) is 55.4 Å². The number of sulfonamides is 1. The highest BCUT2D eigenvalue weighted by molar-refractivity contribution is 7.89. The Labute approximate surface area is 91.0 Å². The summed E-state index contributed by atoms with van der Waals surface area (Å²) in [6, 6.07) is -0.0596. The van der Waals surface area contributed by atoms with Crippen molar-refractivity contribution in [3.05, 3.63) is 0 Å². The number of alkyl halides is 1. The van der Waals surface area contributed by atoms with E-state index in [-0.39, 0.29) is 18.4 Å². The van der Waals surface area contributed by atoms with Crippen LogP contribution in [-0.2, 0) is 14.8 Å². The molecular weight excluding hydrogens is 226 g/mol. The lowest BCUT2D eigenvalue weighted by atomic mass is 10.2. The first-order valence-corrected chi connectivity index (χ1v) is 6.75. The van der Waals surface area contributed by atoms with Crippen molar-refractivity contribution in [1.29, 1.82) is 0 Å². The van der Waals surface area contributed by atoms with Gasteiger partial charge in [0.2, 0.25) is 10.0 Å². The van der Waals surface area contributed by atoms with Gasteiger partial charge in [0.1, 0.15) is 0 Å². The third-order valence-electron chi connectivity index (χ3n) is 1.71. The van der Waals surface area contributed by atoms with Crippen LogP contribution in [0.5, 0.6) is 0 Å². The lowest BCUT2D eigenvalue weighted by Gasteiger charge is -2.12. The van der Waals surface area contributed by atoms with Crippen LogP contribution in [0.1, 0.15) is 19.8 Å². The van der Waals surface area contributed by atoms with Gasteiger partial charge < -0.3 is 4.74 Å². The van der Waals surface area contributed by atoms with Crippen LogP contribution >= 0.6 is 11.6 Å². The summed E-state index contributed by atoms with van der Waals surface area (Å²) in [4.78, 5) is 0. The van der Waals surface area contributed by atoms with Crippen molar-refractivity contribution >= 4 is 21.6 Å². The van der Waals surface area contributed by atoms with Gasteiger partial charge in [0.15, 0.2) is 0 Å². The Morgan fingerprint density at radius 1 is 1.50 bits per heavy atom. The van der Waals surface area contributed by atoms with Gasteiger partial charge in [-0.15, -0.1) is 11.6 Å². The summed E-state index contributed by atoms with van der Waals surface area (Å²) in [5.41, 5.74) is 0. The van der Waals surface area contributed by atoms with Gasteiger partial charge in [0.05, 0.1) is 12.4 Å². The van der Waals surface area contributed by atoms with E-state index in [1.165, 1.54) is 7.11 Å². The summed E-state index contributed by atoms with van der Waals surface area (Å²) < 4.78 is 29.9. The largest absolute Gasteiger partial charge is 0.384 e. The minimum Gasteiger partial charge on any atom is -0.384 e. The van der Waals surface area contributed by atoms with Gasteiger partial charge in [-0.1, -0.05) is 0 Å². The van der Waals surface area contributed by atoms with Crippen LogP contribution in [0.25, 0.3) is 0 Å². The Morgan fingerprint density at radius 3 is 2.64 bits per heavy atom. The highest BCUT2D eigenvalue weighted by Gasteiger charge is 2.13. The molecule has 0 amide bonds. The predicted octanol–water partition coefficient (Wildman–Crippen LogP) is 0.960. The van der Waals surface area contributed by atoms with E-state index < -0.39 is 10.0 Å². The maximum Gasteiger partial charge on any atom is 0.214 e. The minimum absolute atomic E-state index is 0.00865. The molecule has 0 heterocycles. The molecule has 0 aromatic carbocycles. The molecule has 1 unspecified atom stereocenters. The smallest absolute Gasteiger partial charge is 0.214 e. The van der Waals surface area contributed by atoms with E-state index in [1.54, 1.807) is 0 Å². The van der Waals surface area contributed by atoms with Crippen molar-refractivity contribution in [2.45, 2.75) is 25.8 Å². The van der Waals surface area contributed by atoms with Crippen molar-refractivity contribution < 1.29 is 13.2 Å². The summed E-state index contributed by atoms with van der Waals surface area (Å²) in [5, 5.41) is 0. The Hall–Kier alpha value is 0.160. The first kappa shape index (κ1) is 14.2. The normalized spacial score (nSPS) is 14.2. The molecule has 0 rings (SSSR count). The summed E-state index contributed by atoms with van der Waals surface area (Å²) in [6.07, 6.45) is 1.57. The Balaban J connectivity index is 3.83. The number of hydrogen-bond donors (Lipinski definition) is 1. The van der Waals surface area contributed by atoms with Gasteiger partial charge in [-0.05, 0) is 19.8 Å². The Morgan fingerprint density at radius 2 is 2.14 bits per heavy atom. The second kappa shape index (κ2) is 7.45. The van der Waals surface area contributed by atoms with Crippen LogP contribution < -0.4 is 4.72 Å². The molecule has 1 N–H and O–H groups in total. The maximum atomic E-state index is 11.3. The van der Waals surface area contributed by atoms with Gasteiger partial charge >= 0.3 is 0 Å². The second-order valence-corrected chi connectivity index (χ2v) is 5.41. The monoisotopic (exact) mass is 243 g/mol. The molecule has 0 aromatic heterocycles. The Kier molecular flexibility index (Phi) is 7.54. The molecule has 0 aliphatic rings. The summed E-state index contributed by atoms with van der Waals surface area (Å²) >= 11 is 5.50. The molecule has 0 aliphatic carbocycles. The molecule has 14 heavy (non-hydrogen) atoms. The summed E-state index contributed by atoms with van der Waals surface area (Å²) in [7, 11) is -1.71. The van der Waals surface area contributed by atoms with E-state index in [4.69, 9.17) is 16.3 Å². The van der Waals surface area contributed by atoms with Crippen LogP contribution in [0, 0.1) is 0 Å². The van der Waals surface area contributed by atoms with Crippen LogP contribution in [0.3, 0.4) is 0 Å². The zero-order chi connectivity index (χ0) is 11.0. The third kappa shape index (κ3) is 7.55. The van der Waals surface area contributed by atoms with E-state index >= 15 is 0 Å². The Bertz CT molecular complexity index is 231. The number of halogens is 1. The molecule has 4 nitrogen and oxygen atoms in total. The lowest BCUT2D eigenvalue weighted by Crippen LogP contribution is -2.35. The van der Waals surface area contributed by atoms with Gasteiger partial charge in [-0.25, -0.2) is 13.1 Å². The van der Waals surface area contributed by atoms with Crippen LogP contribution in [0.4, 0.5) is 0 Å². The summed E-state index contributed by atoms with van der Waals surface area (Å²) in [6.45, 7) is 2.05. The fraction of sp³-hybridized carbons (Fsp3) is 1.00. The van der Waals surface area contributed by atoms with Gasteiger partial charge in [-0.3, -0.25) is 0 Å². The first-order valence-electron chi connectivity index (χ1n) is 4.56.